The molecule has 0 aromatic rings. The first-order chi connectivity index (χ1) is 6.82. The van der Waals surface area contributed by atoms with Crippen LogP contribution >= 0.6 is 0 Å². The molecule has 0 spiro atoms. The SMILES string of the molecule is O=C([O-])C(O)[C@H](O)[C@@H](O)[C@H](O)[C@H](O)CO.[Ca+2]. The van der Waals surface area contributed by atoms with Crippen LogP contribution in [0.5, 0.6) is 0 Å². The molecular weight excluding hydrogens is 252 g/mol. The number of hydrogen-bond acceptors (Lipinski definition) is 8. The smallest absolute Gasteiger partial charge is 0.547 e. The van der Waals surface area contributed by atoms with Crippen molar-refractivity contribution in [2.24, 2.45) is 0 Å². The molecule has 1 unspecified atom stereocenters. The summed E-state index contributed by atoms with van der Waals surface area (Å²) < 4.78 is 0. The van der Waals surface area contributed by atoms with E-state index in [-0.39, 0.29) is 37.7 Å². The van der Waals surface area contributed by atoms with Gasteiger partial charge in [0.1, 0.15) is 30.5 Å². The van der Waals surface area contributed by atoms with Gasteiger partial charge in [-0.05, 0) is 0 Å². The number of carbonyl (C=O) groups is 1. The number of carboxylic acid groups (broad SMARTS) is 1. The number of carboxylic acids is 1. The monoisotopic (exact) mass is 265 g/mol. The molecule has 8 nitrogen and oxygen atoms in total. The molecule has 16 heavy (non-hydrogen) atoms. The molecule has 0 saturated carbocycles. The normalized spacial score (nSPS) is 20.1. The van der Waals surface area contributed by atoms with Crippen molar-refractivity contribution in [3.63, 3.8) is 0 Å². The molecule has 0 aliphatic heterocycles. The first kappa shape index (κ1) is 18.8. The average Bonchev–Trinajstić information content (AvgIpc) is 2.23. The predicted molar refractivity (Wildman–Crippen MR) is 47.9 cm³/mol. The van der Waals surface area contributed by atoms with Gasteiger partial charge in [-0.1, -0.05) is 0 Å². The van der Waals surface area contributed by atoms with E-state index >= 15 is 0 Å². The van der Waals surface area contributed by atoms with Crippen molar-refractivity contribution in [2.75, 3.05) is 6.61 Å². The summed E-state index contributed by atoms with van der Waals surface area (Å²) in [4.78, 5) is 10.1. The summed E-state index contributed by atoms with van der Waals surface area (Å²) in [6.45, 7) is -0.896. The molecule has 0 rings (SSSR count). The van der Waals surface area contributed by atoms with E-state index in [4.69, 9.17) is 30.6 Å². The molecule has 6 N–H and O–H groups in total. The minimum absolute atomic E-state index is 0. The summed E-state index contributed by atoms with van der Waals surface area (Å²) in [5, 5.41) is 63.2. The van der Waals surface area contributed by atoms with Crippen molar-refractivity contribution in [3.8, 4) is 0 Å². The fourth-order valence-corrected chi connectivity index (χ4v) is 0.864. The van der Waals surface area contributed by atoms with Gasteiger partial charge in [0.05, 0.1) is 12.6 Å². The van der Waals surface area contributed by atoms with E-state index in [9.17, 15) is 9.90 Å². The van der Waals surface area contributed by atoms with Crippen LogP contribution in [0.1, 0.15) is 0 Å². The van der Waals surface area contributed by atoms with Gasteiger partial charge in [-0.15, -0.1) is 0 Å². The first-order valence-electron chi connectivity index (χ1n) is 4.05. The quantitative estimate of drug-likeness (QED) is 0.259. The van der Waals surface area contributed by atoms with Crippen molar-refractivity contribution in [1.82, 2.24) is 0 Å². The molecule has 0 saturated heterocycles. The minimum Gasteiger partial charge on any atom is -0.547 e. The van der Waals surface area contributed by atoms with Crippen LogP contribution in [0, 0.1) is 0 Å². The number of carbonyl (C=O) groups excluding carboxylic acids is 1. The van der Waals surface area contributed by atoms with Crippen LogP contribution in [0.2, 0.25) is 0 Å². The molecular formula is C7H13CaO8+. The minimum atomic E-state index is -2.40. The van der Waals surface area contributed by atoms with Crippen molar-refractivity contribution in [3.05, 3.63) is 0 Å². The fourth-order valence-electron chi connectivity index (χ4n) is 0.864. The fraction of sp³-hybridized carbons (Fsp3) is 0.857. The number of aliphatic carboxylic acids is 1. The summed E-state index contributed by atoms with van der Waals surface area (Å²) in [6.07, 6.45) is -10.5. The number of hydrogen-bond donors (Lipinski definition) is 6. The van der Waals surface area contributed by atoms with Gasteiger partial charge in [0, 0.05) is 0 Å². The maximum atomic E-state index is 10.1. The van der Waals surface area contributed by atoms with Gasteiger partial charge in [0.15, 0.2) is 0 Å². The molecule has 0 aliphatic rings. The van der Waals surface area contributed by atoms with E-state index in [1.54, 1.807) is 0 Å². The third-order valence-corrected chi connectivity index (χ3v) is 1.85. The average molecular weight is 265 g/mol. The van der Waals surface area contributed by atoms with E-state index < -0.39 is 43.1 Å². The maximum absolute atomic E-state index is 10.1. The van der Waals surface area contributed by atoms with Crippen LogP contribution in [0.4, 0.5) is 0 Å². The second-order valence-corrected chi connectivity index (χ2v) is 2.99. The zero-order chi connectivity index (χ0) is 12.2. The van der Waals surface area contributed by atoms with Gasteiger partial charge in [-0.3, -0.25) is 0 Å². The summed E-state index contributed by atoms with van der Waals surface area (Å²) in [5.41, 5.74) is 0. The van der Waals surface area contributed by atoms with Crippen LogP contribution in [-0.2, 0) is 4.79 Å². The second kappa shape index (κ2) is 8.56. The van der Waals surface area contributed by atoms with E-state index in [1.807, 2.05) is 0 Å². The number of rotatable bonds is 6. The molecule has 0 amide bonds. The topological polar surface area (TPSA) is 162 Å². The Kier molecular flexibility index (Phi) is 10.1. The Morgan fingerprint density at radius 3 is 1.75 bits per heavy atom. The molecule has 9 heteroatoms. The van der Waals surface area contributed by atoms with Gasteiger partial charge in [-0.2, -0.15) is 0 Å². The third kappa shape index (κ3) is 5.21. The Bertz CT molecular complexity index is 213. The molecule has 0 aliphatic carbocycles. The van der Waals surface area contributed by atoms with E-state index in [0.717, 1.165) is 0 Å². The van der Waals surface area contributed by atoms with E-state index in [1.165, 1.54) is 0 Å². The van der Waals surface area contributed by atoms with E-state index in [2.05, 4.69) is 0 Å². The Labute approximate surface area is 121 Å². The largest absolute Gasteiger partial charge is 2.00 e. The molecule has 0 radical (unpaired) electrons. The Morgan fingerprint density at radius 1 is 1.00 bits per heavy atom. The van der Waals surface area contributed by atoms with Gasteiger partial charge < -0.3 is 40.5 Å². The third-order valence-electron chi connectivity index (χ3n) is 1.85. The Hall–Kier alpha value is 0.490. The molecule has 0 fully saturated rings. The maximum Gasteiger partial charge on any atom is 2.00 e. The summed E-state index contributed by atoms with van der Waals surface area (Å²) in [7, 11) is 0. The molecule has 0 aromatic carbocycles. The van der Waals surface area contributed by atoms with Gasteiger partial charge in [0.25, 0.3) is 0 Å². The Morgan fingerprint density at radius 2 is 1.44 bits per heavy atom. The van der Waals surface area contributed by atoms with Crippen LogP contribution in [-0.4, -0.2) is 111 Å². The number of aliphatic hydroxyl groups excluding tert-OH is 6. The van der Waals surface area contributed by atoms with Crippen LogP contribution in [0.3, 0.4) is 0 Å². The van der Waals surface area contributed by atoms with E-state index in [0.29, 0.717) is 0 Å². The summed E-state index contributed by atoms with van der Waals surface area (Å²) in [6, 6.07) is 0. The zero-order valence-corrected chi connectivity index (χ0v) is 10.5. The van der Waals surface area contributed by atoms with Crippen LogP contribution in [0.25, 0.3) is 0 Å². The molecule has 0 heterocycles. The second-order valence-electron chi connectivity index (χ2n) is 2.99. The zero-order valence-electron chi connectivity index (χ0n) is 8.30. The molecule has 0 bridgehead atoms. The molecule has 0 aromatic heterocycles. The van der Waals surface area contributed by atoms with Crippen molar-refractivity contribution in [1.29, 1.82) is 0 Å². The Balaban J connectivity index is 0. The van der Waals surface area contributed by atoms with Crippen molar-refractivity contribution >= 4 is 43.7 Å². The van der Waals surface area contributed by atoms with Crippen LogP contribution in [0.15, 0.2) is 0 Å². The summed E-state index contributed by atoms with van der Waals surface area (Å²) in [5.74, 6) is -2.03. The van der Waals surface area contributed by atoms with Gasteiger partial charge >= 0.3 is 37.7 Å². The van der Waals surface area contributed by atoms with Gasteiger partial charge in [-0.25, -0.2) is 0 Å². The summed E-state index contributed by atoms with van der Waals surface area (Å²) >= 11 is 0. The predicted octanol–water partition coefficient (Wildman–Crippen LogP) is -5.85. The molecule has 90 valence electrons. The molecule has 5 atom stereocenters. The first-order valence-corrected chi connectivity index (χ1v) is 4.05. The van der Waals surface area contributed by atoms with Crippen LogP contribution < -0.4 is 5.11 Å². The standard InChI is InChI=1S/C7H14O8.Ca/c8-1-2(9)3(10)4(11)5(12)6(13)7(14)15;/h2-6,8-13H,1H2,(H,14,15);/q;+2/p-1/t2-,3-,4+,5-,6?;/m1./s1. The van der Waals surface area contributed by atoms with Gasteiger partial charge in [0.2, 0.25) is 0 Å². The van der Waals surface area contributed by atoms with Crippen molar-refractivity contribution in [2.45, 2.75) is 30.5 Å². The number of aliphatic hydroxyl groups is 6. The van der Waals surface area contributed by atoms with Crippen molar-refractivity contribution < 1.29 is 40.5 Å².